The molecule has 0 radical (unpaired) electrons. The summed E-state index contributed by atoms with van der Waals surface area (Å²) in [4.78, 5) is 45.9. The molecular formula is C34H44BrN3O7. The van der Waals surface area contributed by atoms with Crippen LogP contribution in [0.15, 0.2) is 41.5 Å². The van der Waals surface area contributed by atoms with Crippen molar-refractivity contribution in [1.82, 2.24) is 15.2 Å². The zero-order chi connectivity index (χ0) is 32.1. The average molecular weight is 687 g/mol. The van der Waals surface area contributed by atoms with E-state index in [1.165, 1.54) is 4.90 Å². The van der Waals surface area contributed by atoms with Gasteiger partial charge in [-0.2, -0.15) is 0 Å². The first-order valence-corrected chi connectivity index (χ1v) is 16.9. The minimum atomic E-state index is -1.11. The number of nitrogens with zero attached hydrogens (tertiary/aromatic N) is 2. The van der Waals surface area contributed by atoms with Crippen LogP contribution in [-0.2, 0) is 14.3 Å². The van der Waals surface area contributed by atoms with E-state index in [0.29, 0.717) is 16.1 Å². The van der Waals surface area contributed by atoms with Crippen LogP contribution < -0.4 is 14.8 Å². The number of carboxylic acids is 1. The van der Waals surface area contributed by atoms with Crippen molar-refractivity contribution in [1.29, 1.82) is 0 Å². The molecular weight excluding hydrogens is 642 g/mol. The molecule has 0 unspecified atom stereocenters. The van der Waals surface area contributed by atoms with Gasteiger partial charge in [0.05, 0.1) is 19.2 Å². The smallest absolute Gasteiger partial charge is 0.408 e. The van der Waals surface area contributed by atoms with E-state index in [1.807, 2.05) is 37.3 Å². The predicted molar refractivity (Wildman–Crippen MR) is 173 cm³/mol. The summed E-state index contributed by atoms with van der Waals surface area (Å²) in [6.07, 6.45) is 9.92. The predicted octanol–water partition coefficient (Wildman–Crippen LogP) is 6.64. The monoisotopic (exact) mass is 685 g/mol. The van der Waals surface area contributed by atoms with Crippen LogP contribution in [0.3, 0.4) is 0 Å². The van der Waals surface area contributed by atoms with E-state index in [1.54, 1.807) is 7.11 Å². The number of unbranched alkanes of at least 4 members (excludes halogenated alkanes) is 1. The molecule has 1 aromatic carbocycles. The fraction of sp³-hybridized carbons (Fsp3) is 0.588. The van der Waals surface area contributed by atoms with Crippen LogP contribution in [0.5, 0.6) is 11.5 Å². The minimum Gasteiger partial charge on any atom is -0.497 e. The number of carbonyl (C=O) groups is 3. The molecule has 1 saturated heterocycles. The highest BCUT2D eigenvalue weighted by molar-refractivity contribution is 9.10. The standard InChI is InChI=1S/C34H44BrN3O7/c1-4-5-6-12-23-13-9-16-34(23,2)45-33(42)37-29(21-10-7-8-11-21)31(39)38-20-25(19-27(38)32(40)41)44-28-18-22-17-24(43-3)14-15-26(22)36-30(28)35/h4,14-15,17-18,21,23,25,27,29H,1,5-13,16,19-20H2,2-3H3,(H,37,42)(H,40,41)/t23-,25+,27-,29-,34-/m0/s1. The molecule has 2 N–H and O–H groups in total. The van der Waals surface area contributed by atoms with Crippen molar-refractivity contribution in [3.8, 4) is 11.5 Å². The Morgan fingerprint density at radius 2 is 2.00 bits per heavy atom. The number of methoxy groups -OCH3 is 1. The number of carboxylic acid groups (broad SMARTS) is 1. The number of benzene rings is 1. The fourth-order valence-electron chi connectivity index (χ4n) is 7.38. The minimum absolute atomic E-state index is 0.0709. The maximum atomic E-state index is 14.1. The highest BCUT2D eigenvalue weighted by Crippen LogP contribution is 2.42. The van der Waals surface area contributed by atoms with Gasteiger partial charge in [-0.15, -0.1) is 6.58 Å². The molecule has 11 heteroatoms. The van der Waals surface area contributed by atoms with Gasteiger partial charge in [0.15, 0.2) is 5.75 Å². The number of alkyl carbamates (subject to hydrolysis) is 1. The number of pyridine rings is 1. The van der Waals surface area contributed by atoms with E-state index < -0.39 is 41.8 Å². The molecule has 244 valence electrons. The number of amides is 2. The van der Waals surface area contributed by atoms with E-state index in [9.17, 15) is 19.5 Å². The van der Waals surface area contributed by atoms with Crippen molar-refractivity contribution >= 4 is 44.8 Å². The van der Waals surface area contributed by atoms with Crippen molar-refractivity contribution in [3.05, 3.63) is 41.5 Å². The SMILES string of the molecule is C=CCCC[C@H]1CCC[C@]1(C)OC(=O)N[C@H](C(=O)N1C[C@H](Oc2cc3cc(OC)ccc3nc2Br)C[C@H]1C(=O)O)C1CCCC1. The molecule has 5 atom stereocenters. The molecule has 2 aromatic rings. The first-order valence-electron chi connectivity index (χ1n) is 16.1. The highest BCUT2D eigenvalue weighted by atomic mass is 79.9. The number of aliphatic carboxylic acids is 1. The first kappa shape index (κ1) is 33.0. The molecule has 1 aromatic heterocycles. The first-order chi connectivity index (χ1) is 21.6. The number of carbonyl (C=O) groups excluding carboxylic acids is 2. The summed E-state index contributed by atoms with van der Waals surface area (Å²) < 4.78 is 18.2. The summed E-state index contributed by atoms with van der Waals surface area (Å²) in [5, 5.41) is 13.8. The normalized spacial score (nSPS) is 25.7. The molecule has 3 fully saturated rings. The van der Waals surface area contributed by atoms with Gasteiger partial charge >= 0.3 is 12.1 Å². The van der Waals surface area contributed by atoms with Crippen LogP contribution in [0.4, 0.5) is 4.79 Å². The number of fused-ring (bicyclic) bond motifs is 1. The molecule has 3 aliphatic rings. The van der Waals surface area contributed by atoms with Crippen molar-refractivity contribution in [2.75, 3.05) is 13.7 Å². The molecule has 45 heavy (non-hydrogen) atoms. The third-order valence-electron chi connectivity index (χ3n) is 9.85. The summed E-state index contributed by atoms with van der Waals surface area (Å²) in [6, 6.07) is 5.38. The Hall–Kier alpha value is -3.34. The van der Waals surface area contributed by atoms with Gasteiger partial charge in [0.1, 0.15) is 34.1 Å². The molecule has 2 aliphatic carbocycles. The number of rotatable bonds is 12. The Balaban J connectivity index is 1.31. The van der Waals surface area contributed by atoms with Crippen LogP contribution in [0, 0.1) is 11.8 Å². The number of hydrogen-bond acceptors (Lipinski definition) is 7. The summed E-state index contributed by atoms with van der Waals surface area (Å²) >= 11 is 3.48. The summed E-state index contributed by atoms with van der Waals surface area (Å²) in [6.45, 7) is 5.87. The highest BCUT2D eigenvalue weighted by Gasteiger charge is 2.47. The number of hydrogen-bond donors (Lipinski definition) is 2. The van der Waals surface area contributed by atoms with Crippen LogP contribution in [0.1, 0.15) is 77.6 Å². The van der Waals surface area contributed by atoms with Crippen molar-refractivity contribution in [2.45, 2.75) is 101 Å². The molecule has 2 amide bonds. The molecule has 5 rings (SSSR count). The van der Waals surface area contributed by atoms with E-state index in [2.05, 4.69) is 32.8 Å². The van der Waals surface area contributed by atoms with Crippen LogP contribution in [-0.4, -0.2) is 70.4 Å². The van der Waals surface area contributed by atoms with E-state index >= 15 is 0 Å². The number of aromatic nitrogens is 1. The molecule has 10 nitrogen and oxygen atoms in total. The number of allylic oxidation sites excluding steroid dienone is 1. The van der Waals surface area contributed by atoms with Crippen LogP contribution in [0.2, 0.25) is 0 Å². The van der Waals surface area contributed by atoms with Gasteiger partial charge in [0, 0.05) is 11.8 Å². The van der Waals surface area contributed by atoms with E-state index in [0.717, 1.165) is 75.1 Å². The zero-order valence-electron chi connectivity index (χ0n) is 26.1. The molecule has 1 aliphatic heterocycles. The maximum absolute atomic E-state index is 14.1. The topological polar surface area (TPSA) is 127 Å². The van der Waals surface area contributed by atoms with Gasteiger partial charge in [-0.1, -0.05) is 18.9 Å². The van der Waals surface area contributed by atoms with Crippen LogP contribution in [0.25, 0.3) is 10.9 Å². The Morgan fingerprint density at radius 1 is 1.22 bits per heavy atom. The molecule has 0 spiro atoms. The summed E-state index contributed by atoms with van der Waals surface area (Å²) in [5.41, 5.74) is 0.143. The number of ether oxygens (including phenoxy) is 3. The Kier molecular flexibility index (Phi) is 10.6. The van der Waals surface area contributed by atoms with Crippen molar-refractivity contribution < 1.29 is 33.7 Å². The van der Waals surface area contributed by atoms with Gasteiger partial charge < -0.3 is 29.5 Å². The van der Waals surface area contributed by atoms with Gasteiger partial charge in [-0.25, -0.2) is 14.6 Å². The lowest BCUT2D eigenvalue weighted by Gasteiger charge is -2.34. The second kappa shape index (κ2) is 14.4. The summed E-state index contributed by atoms with van der Waals surface area (Å²) in [5.74, 6) is -0.230. The lowest BCUT2D eigenvalue weighted by Crippen LogP contribution is -2.55. The number of likely N-dealkylation sites (tertiary alicyclic amines) is 1. The van der Waals surface area contributed by atoms with E-state index in [-0.39, 0.29) is 24.8 Å². The molecule has 2 heterocycles. The van der Waals surface area contributed by atoms with Gasteiger partial charge in [-0.3, -0.25) is 4.79 Å². The number of halogens is 1. The van der Waals surface area contributed by atoms with Gasteiger partial charge in [0.2, 0.25) is 5.91 Å². The maximum Gasteiger partial charge on any atom is 0.408 e. The zero-order valence-corrected chi connectivity index (χ0v) is 27.7. The van der Waals surface area contributed by atoms with Crippen molar-refractivity contribution in [3.63, 3.8) is 0 Å². The van der Waals surface area contributed by atoms with E-state index in [4.69, 9.17) is 14.2 Å². The third kappa shape index (κ3) is 7.56. The quantitative estimate of drug-likeness (QED) is 0.145. The van der Waals surface area contributed by atoms with Gasteiger partial charge in [-0.05, 0) is 110 Å². The van der Waals surface area contributed by atoms with Crippen LogP contribution >= 0.6 is 15.9 Å². The fourth-order valence-corrected chi connectivity index (χ4v) is 7.78. The second-order valence-corrected chi connectivity index (χ2v) is 13.6. The third-order valence-corrected chi connectivity index (χ3v) is 10.4. The average Bonchev–Trinajstić information content (AvgIpc) is 3.77. The second-order valence-electron chi connectivity index (χ2n) is 12.8. The Labute approximate surface area is 273 Å². The number of nitrogens with one attached hydrogen (secondary N) is 1. The lowest BCUT2D eigenvalue weighted by atomic mass is 9.88. The summed E-state index contributed by atoms with van der Waals surface area (Å²) in [7, 11) is 1.59. The molecule has 2 saturated carbocycles. The lowest BCUT2D eigenvalue weighted by molar-refractivity contribution is -0.149. The Bertz CT molecular complexity index is 1410. The van der Waals surface area contributed by atoms with Crippen molar-refractivity contribution in [2.24, 2.45) is 11.8 Å². The molecule has 0 bridgehead atoms. The largest absolute Gasteiger partial charge is 0.497 e. The Morgan fingerprint density at radius 3 is 2.71 bits per heavy atom. The van der Waals surface area contributed by atoms with Gasteiger partial charge in [0.25, 0.3) is 0 Å².